The lowest BCUT2D eigenvalue weighted by molar-refractivity contribution is -0.132. The highest BCUT2D eigenvalue weighted by molar-refractivity contribution is 6.33. The molecule has 4 heterocycles. The van der Waals surface area contributed by atoms with Crippen LogP contribution in [0.25, 0.3) is 0 Å². The second-order valence-corrected chi connectivity index (χ2v) is 8.84. The average molecular weight is 376 g/mol. The van der Waals surface area contributed by atoms with Crippen molar-refractivity contribution in [1.29, 1.82) is 0 Å². The standard InChI is InChI=1S/C20H26ClN3O2/c21-13-11-14(23-19(25)20-5-8-24(9-6-20)10-7-20)18-16(17(13)22)12-3-1-2-4-15(12)26-18/h11-12,15H,1-10,22H2,(H,23,25). The van der Waals surface area contributed by atoms with Gasteiger partial charge in [-0.3, -0.25) is 4.79 Å². The first kappa shape index (κ1) is 16.7. The molecule has 4 fully saturated rings. The number of rotatable bonds is 2. The number of hydrogen-bond acceptors (Lipinski definition) is 4. The molecule has 0 aromatic heterocycles. The Bertz CT molecular complexity index is 744. The fraction of sp³-hybridized carbons (Fsp3) is 0.650. The lowest BCUT2D eigenvalue weighted by atomic mass is 9.71. The van der Waals surface area contributed by atoms with Crippen molar-refractivity contribution < 1.29 is 9.53 Å². The Balaban J connectivity index is 1.48. The lowest BCUT2D eigenvalue weighted by Crippen LogP contribution is -2.53. The highest BCUT2D eigenvalue weighted by atomic mass is 35.5. The predicted octanol–water partition coefficient (Wildman–Crippen LogP) is 3.77. The van der Waals surface area contributed by atoms with Gasteiger partial charge in [-0.1, -0.05) is 18.0 Å². The summed E-state index contributed by atoms with van der Waals surface area (Å²) >= 11 is 6.44. The average Bonchev–Trinajstić information content (AvgIpc) is 3.07. The minimum atomic E-state index is -0.235. The number of anilines is 2. The van der Waals surface area contributed by atoms with E-state index in [1.54, 1.807) is 6.07 Å². The fourth-order valence-electron chi connectivity index (χ4n) is 5.40. The zero-order chi connectivity index (χ0) is 17.9. The molecule has 26 heavy (non-hydrogen) atoms. The van der Waals surface area contributed by atoms with Gasteiger partial charge in [0.15, 0.2) is 0 Å². The van der Waals surface area contributed by atoms with Gasteiger partial charge >= 0.3 is 0 Å². The van der Waals surface area contributed by atoms with Gasteiger partial charge in [0, 0.05) is 11.5 Å². The monoisotopic (exact) mass is 375 g/mol. The van der Waals surface area contributed by atoms with E-state index in [1.807, 2.05) is 0 Å². The van der Waals surface area contributed by atoms with Gasteiger partial charge in [0.25, 0.3) is 0 Å². The number of fused-ring (bicyclic) bond motifs is 6. The number of piperidine rings is 3. The maximum atomic E-state index is 13.2. The van der Waals surface area contributed by atoms with Crippen molar-refractivity contribution in [2.75, 3.05) is 30.7 Å². The molecule has 0 radical (unpaired) electrons. The van der Waals surface area contributed by atoms with Gasteiger partial charge in [-0.2, -0.15) is 0 Å². The number of nitrogens with zero attached hydrogens (tertiary/aromatic N) is 1. The molecule has 0 spiro atoms. The summed E-state index contributed by atoms with van der Waals surface area (Å²) < 4.78 is 6.28. The Kier molecular flexibility index (Phi) is 3.87. The van der Waals surface area contributed by atoms with Crippen LogP contribution < -0.4 is 15.8 Å². The molecule has 1 amide bonds. The van der Waals surface area contributed by atoms with Crippen LogP contribution in [0, 0.1) is 5.41 Å². The number of nitrogens with two attached hydrogens (primary N) is 1. The number of nitrogen functional groups attached to an aromatic ring is 1. The molecule has 1 saturated carbocycles. The summed E-state index contributed by atoms with van der Waals surface area (Å²) in [7, 11) is 0. The molecule has 5 nitrogen and oxygen atoms in total. The van der Waals surface area contributed by atoms with E-state index in [1.165, 1.54) is 12.8 Å². The number of nitrogens with one attached hydrogen (secondary N) is 1. The Hall–Kier alpha value is -1.46. The topological polar surface area (TPSA) is 67.6 Å². The molecule has 6 heteroatoms. The van der Waals surface area contributed by atoms with Crippen LogP contribution in [0.2, 0.25) is 5.02 Å². The van der Waals surface area contributed by atoms with Crippen molar-refractivity contribution >= 4 is 28.9 Å². The first-order valence-electron chi connectivity index (χ1n) is 9.90. The molecular weight excluding hydrogens is 350 g/mol. The molecule has 2 atom stereocenters. The number of benzene rings is 1. The van der Waals surface area contributed by atoms with E-state index >= 15 is 0 Å². The van der Waals surface area contributed by atoms with Gasteiger partial charge in [0.05, 0.1) is 21.8 Å². The quantitative estimate of drug-likeness (QED) is 0.772. The summed E-state index contributed by atoms with van der Waals surface area (Å²) in [6, 6.07) is 1.78. The van der Waals surface area contributed by atoms with Crippen molar-refractivity contribution in [3.05, 3.63) is 16.7 Å². The summed E-state index contributed by atoms with van der Waals surface area (Å²) in [5, 5.41) is 3.70. The Morgan fingerprint density at radius 2 is 1.92 bits per heavy atom. The van der Waals surface area contributed by atoms with E-state index in [-0.39, 0.29) is 17.4 Å². The number of ether oxygens (including phenoxy) is 1. The van der Waals surface area contributed by atoms with E-state index in [9.17, 15) is 4.79 Å². The number of halogens is 1. The van der Waals surface area contributed by atoms with Gasteiger partial charge in [-0.15, -0.1) is 0 Å². The molecule has 2 bridgehead atoms. The minimum absolute atomic E-state index is 0.123. The summed E-state index contributed by atoms with van der Waals surface area (Å²) in [6.45, 7) is 3.07. The Morgan fingerprint density at radius 1 is 1.23 bits per heavy atom. The summed E-state index contributed by atoms with van der Waals surface area (Å²) in [5.41, 5.74) is 8.43. The maximum Gasteiger partial charge on any atom is 0.230 e. The second-order valence-electron chi connectivity index (χ2n) is 8.44. The van der Waals surface area contributed by atoms with Crippen molar-refractivity contribution in [3.63, 3.8) is 0 Å². The van der Waals surface area contributed by atoms with Gasteiger partial charge in [-0.25, -0.2) is 0 Å². The third kappa shape index (κ3) is 2.43. The fourth-order valence-corrected chi connectivity index (χ4v) is 5.61. The number of amides is 1. The smallest absolute Gasteiger partial charge is 0.230 e. The van der Waals surface area contributed by atoms with E-state index in [0.29, 0.717) is 22.3 Å². The van der Waals surface area contributed by atoms with E-state index in [0.717, 1.165) is 63.1 Å². The molecule has 6 rings (SSSR count). The summed E-state index contributed by atoms with van der Waals surface area (Å²) in [5.74, 6) is 1.20. The van der Waals surface area contributed by atoms with Crippen molar-refractivity contribution in [2.24, 2.45) is 5.41 Å². The van der Waals surface area contributed by atoms with Crippen LogP contribution in [0.4, 0.5) is 11.4 Å². The number of carbonyl (C=O) groups excluding carboxylic acids is 1. The van der Waals surface area contributed by atoms with Crippen LogP contribution in [0.3, 0.4) is 0 Å². The maximum absolute atomic E-state index is 13.2. The molecule has 3 saturated heterocycles. The van der Waals surface area contributed by atoms with Gasteiger partial charge in [0.1, 0.15) is 11.9 Å². The van der Waals surface area contributed by atoms with Gasteiger partial charge in [0.2, 0.25) is 5.91 Å². The summed E-state index contributed by atoms with van der Waals surface area (Å²) in [6.07, 6.45) is 7.49. The molecule has 140 valence electrons. The molecular formula is C20H26ClN3O2. The van der Waals surface area contributed by atoms with Crippen LogP contribution in [0.1, 0.15) is 56.4 Å². The number of carbonyl (C=O) groups is 1. The minimum Gasteiger partial charge on any atom is -0.487 e. The molecule has 3 N–H and O–H groups in total. The predicted molar refractivity (Wildman–Crippen MR) is 103 cm³/mol. The van der Waals surface area contributed by atoms with E-state index in [2.05, 4.69) is 10.2 Å². The highest BCUT2D eigenvalue weighted by Crippen LogP contribution is 2.53. The van der Waals surface area contributed by atoms with Crippen LogP contribution in [-0.2, 0) is 4.79 Å². The Labute approximate surface area is 159 Å². The van der Waals surface area contributed by atoms with E-state index in [4.69, 9.17) is 22.1 Å². The van der Waals surface area contributed by atoms with Crippen molar-refractivity contribution in [1.82, 2.24) is 4.90 Å². The molecule has 2 unspecified atom stereocenters. The molecule has 4 aliphatic heterocycles. The normalized spacial score (nSPS) is 34.7. The van der Waals surface area contributed by atoms with Crippen molar-refractivity contribution in [3.8, 4) is 5.75 Å². The van der Waals surface area contributed by atoms with Gasteiger partial charge < -0.3 is 20.7 Å². The molecule has 5 aliphatic rings. The first-order valence-corrected chi connectivity index (χ1v) is 10.3. The highest BCUT2D eigenvalue weighted by Gasteiger charge is 2.46. The third-order valence-electron chi connectivity index (χ3n) is 7.10. The molecule has 1 aromatic rings. The number of hydrogen-bond donors (Lipinski definition) is 2. The largest absolute Gasteiger partial charge is 0.487 e. The third-order valence-corrected chi connectivity index (χ3v) is 7.41. The Morgan fingerprint density at radius 3 is 2.65 bits per heavy atom. The first-order chi connectivity index (χ1) is 12.6. The molecule has 1 aliphatic carbocycles. The SMILES string of the molecule is Nc1c(Cl)cc(NC(=O)C23CCN(CC2)CC3)c2c1C1CCCCC1O2. The lowest BCUT2D eigenvalue weighted by Gasteiger charge is -2.47. The summed E-state index contributed by atoms with van der Waals surface area (Å²) in [4.78, 5) is 15.6. The zero-order valence-corrected chi connectivity index (χ0v) is 15.8. The van der Waals surface area contributed by atoms with E-state index < -0.39 is 0 Å². The van der Waals surface area contributed by atoms with Crippen LogP contribution in [-0.4, -0.2) is 36.5 Å². The second kappa shape index (κ2) is 6.03. The van der Waals surface area contributed by atoms with Gasteiger partial charge in [-0.05, 0) is 64.2 Å². The van der Waals surface area contributed by atoms with Crippen LogP contribution in [0.15, 0.2) is 6.07 Å². The van der Waals surface area contributed by atoms with Crippen LogP contribution >= 0.6 is 11.6 Å². The van der Waals surface area contributed by atoms with Crippen LogP contribution in [0.5, 0.6) is 5.75 Å². The molecule has 1 aromatic carbocycles. The zero-order valence-electron chi connectivity index (χ0n) is 15.0. The van der Waals surface area contributed by atoms with Crippen molar-refractivity contribution in [2.45, 2.75) is 57.0 Å².